The number of anilines is 2. The van der Waals surface area contributed by atoms with Crippen LogP contribution >= 0.6 is 0 Å². The number of nitrogens with two attached hydrogens (primary N) is 1. The van der Waals surface area contributed by atoms with E-state index in [4.69, 9.17) is 5.73 Å². The van der Waals surface area contributed by atoms with Gasteiger partial charge >= 0.3 is 0 Å². The van der Waals surface area contributed by atoms with E-state index < -0.39 is 0 Å². The Kier molecular flexibility index (Phi) is 5.63. The van der Waals surface area contributed by atoms with Crippen LogP contribution in [0.15, 0.2) is 48.5 Å². The zero-order chi connectivity index (χ0) is 17.6. The van der Waals surface area contributed by atoms with Gasteiger partial charge < -0.3 is 11.1 Å². The van der Waals surface area contributed by atoms with Gasteiger partial charge in [0.15, 0.2) is 0 Å². The van der Waals surface area contributed by atoms with Gasteiger partial charge in [0.25, 0.3) is 0 Å². The number of nitrogens with one attached hydrogen (secondary N) is 1. The van der Waals surface area contributed by atoms with Crippen LogP contribution in [0.5, 0.6) is 0 Å². The predicted octanol–water partition coefficient (Wildman–Crippen LogP) is 2.16. The molecule has 0 radical (unpaired) electrons. The van der Waals surface area contributed by atoms with Crippen molar-refractivity contribution in [3.63, 3.8) is 0 Å². The number of nitrogens with zero attached hydrogens (tertiary/aromatic N) is 2. The lowest BCUT2D eigenvalue weighted by Crippen LogP contribution is -2.48. The molecule has 1 aliphatic heterocycles. The van der Waals surface area contributed by atoms with Crippen LogP contribution in [0.25, 0.3) is 0 Å². The van der Waals surface area contributed by atoms with Crippen molar-refractivity contribution in [2.24, 2.45) is 0 Å². The summed E-state index contributed by atoms with van der Waals surface area (Å²) < 4.78 is 12.9. The highest BCUT2D eigenvalue weighted by molar-refractivity contribution is 5.92. The number of benzene rings is 2. The van der Waals surface area contributed by atoms with E-state index in [1.165, 1.54) is 17.7 Å². The Balaban J connectivity index is 1.42. The summed E-state index contributed by atoms with van der Waals surface area (Å²) in [4.78, 5) is 16.6. The number of hydrogen-bond acceptors (Lipinski definition) is 4. The normalized spacial score (nSPS) is 15.9. The topological polar surface area (TPSA) is 61.6 Å². The molecule has 1 amide bonds. The van der Waals surface area contributed by atoms with E-state index in [1.54, 1.807) is 12.1 Å². The number of carbonyl (C=O) groups is 1. The third kappa shape index (κ3) is 5.27. The smallest absolute Gasteiger partial charge is 0.238 e. The molecule has 1 aliphatic rings. The van der Waals surface area contributed by atoms with Crippen molar-refractivity contribution in [2.45, 2.75) is 6.54 Å². The molecule has 1 heterocycles. The van der Waals surface area contributed by atoms with Crippen LogP contribution in [-0.4, -0.2) is 48.4 Å². The number of piperazine rings is 1. The molecule has 6 heteroatoms. The molecule has 3 N–H and O–H groups in total. The van der Waals surface area contributed by atoms with Crippen molar-refractivity contribution in [3.05, 3.63) is 59.9 Å². The highest BCUT2D eigenvalue weighted by atomic mass is 19.1. The Labute approximate surface area is 147 Å². The maximum Gasteiger partial charge on any atom is 0.238 e. The Morgan fingerprint density at radius 3 is 2.40 bits per heavy atom. The first-order chi connectivity index (χ1) is 12.1. The van der Waals surface area contributed by atoms with Crippen LogP contribution in [-0.2, 0) is 11.3 Å². The van der Waals surface area contributed by atoms with Gasteiger partial charge in [-0.2, -0.15) is 0 Å². The SMILES string of the molecule is Nc1cccc(CN2CCN(CC(=O)Nc3ccc(F)cc3)CC2)c1. The third-order valence-electron chi connectivity index (χ3n) is 4.32. The average molecular weight is 342 g/mol. The molecule has 0 aliphatic carbocycles. The zero-order valence-electron chi connectivity index (χ0n) is 14.1. The minimum Gasteiger partial charge on any atom is -0.399 e. The quantitative estimate of drug-likeness (QED) is 0.818. The summed E-state index contributed by atoms with van der Waals surface area (Å²) in [6.45, 7) is 4.75. The monoisotopic (exact) mass is 342 g/mol. The number of hydrogen-bond donors (Lipinski definition) is 2. The van der Waals surface area contributed by atoms with E-state index >= 15 is 0 Å². The minimum atomic E-state index is -0.311. The fourth-order valence-corrected chi connectivity index (χ4v) is 2.99. The Bertz CT molecular complexity index is 712. The number of amides is 1. The van der Waals surface area contributed by atoms with Gasteiger partial charge in [0.2, 0.25) is 5.91 Å². The molecule has 0 unspecified atom stereocenters. The minimum absolute atomic E-state index is 0.0732. The van der Waals surface area contributed by atoms with Gasteiger partial charge in [0.05, 0.1) is 6.54 Å². The molecule has 2 aromatic carbocycles. The van der Waals surface area contributed by atoms with E-state index in [0.29, 0.717) is 12.2 Å². The van der Waals surface area contributed by atoms with Crippen LogP contribution in [0.4, 0.5) is 15.8 Å². The Morgan fingerprint density at radius 2 is 1.72 bits per heavy atom. The second-order valence-electron chi connectivity index (χ2n) is 6.35. The van der Waals surface area contributed by atoms with E-state index in [-0.39, 0.29) is 11.7 Å². The molecule has 0 atom stereocenters. The summed E-state index contributed by atoms with van der Waals surface area (Å²) >= 11 is 0. The van der Waals surface area contributed by atoms with Gasteiger partial charge in [-0.15, -0.1) is 0 Å². The lowest BCUT2D eigenvalue weighted by molar-refractivity contribution is -0.117. The van der Waals surface area contributed by atoms with Crippen LogP contribution < -0.4 is 11.1 Å². The van der Waals surface area contributed by atoms with Crippen molar-refractivity contribution in [1.82, 2.24) is 9.80 Å². The van der Waals surface area contributed by atoms with Gasteiger partial charge in [-0.1, -0.05) is 12.1 Å². The molecule has 25 heavy (non-hydrogen) atoms. The molecule has 2 aromatic rings. The standard InChI is InChI=1S/C19H23FN4O/c20-16-4-6-18(7-5-16)22-19(25)14-24-10-8-23(9-11-24)13-15-2-1-3-17(21)12-15/h1-7,12H,8-11,13-14,21H2,(H,22,25). The summed E-state index contributed by atoms with van der Waals surface area (Å²) in [5.41, 5.74) is 8.43. The maximum absolute atomic E-state index is 12.9. The molecule has 132 valence electrons. The number of rotatable bonds is 5. The molecule has 0 saturated carbocycles. The fraction of sp³-hybridized carbons (Fsp3) is 0.316. The summed E-state index contributed by atoms with van der Waals surface area (Å²) in [5, 5.41) is 2.80. The number of halogens is 1. The predicted molar refractivity (Wildman–Crippen MR) is 97.6 cm³/mol. The van der Waals surface area contributed by atoms with Crippen LogP contribution in [0, 0.1) is 5.82 Å². The molecule has 0 spiro atoms. The van der Waals surface area contributed by atoms with Gasteiger partial charge in [0.1, 0.15) is 5.82 Å². The molecule has 1 saturated heterocycles. The first-order valence-corrected chi connectivity index (χ1v) is 8.43. The molecule has 0 bridgehead atoms. The van der Waals surface area contributed by atoms with Crippen molar-refractivity contribution in [3.8, 4) is 0 Å². The Hall–Kier alpha value is -2.44. The average Bonchev–Trinajstić information content (AvgIpc) is 2.59. The van der Waals surface area contributed by atoms with Crippen LogP contribution in [0.1, 0.15) is 5.56 Å². The van der Waals surface area contributed by atoms with Gasteiger partial charge in [-0.25, -0.2) is 4.39 Å². The molecule has 5 nitrogen and oxygen atoms in total. The molecular weight excluding hydrogens is 319 g/mol. The van der Waals surface area contributed by atoms with Crippen LogP contribution in [0.2, 0.25) is 0 Å². The van der Waals surface area contributed by atoms with E-state index in [2.05, 4.69) is 21.2 Å². The van der Waals surface area contributed by atoms with Crippen molar-refractivity contribution >= 4 is 17.3 Å². The second kappa shape index (κ2) is 8.09. The summed E-state index contributed by atoms with van der Waals surface area (Å²) in [5.74, 6) is -0.384. The lowest BCUT2D eigenvalue weighted by Gasteiger charge is -2.34. The van der Waals surface area contributed by atoms with Crippen molar-refractivity contribution in [2.75, 3.05) is 43.8 Å². The number of carbonyl (C=O) groups excluding carboxylic acids is 1. The van der Waals surface area contributed by atoms with Crippen LogP contribution in [0.3, 0.4) is 0 Å². The zero-order valence-corrected chi connectivity index (χ0v) is 14.1. The highest BCUT2D eigenvalue weighted by Gasteiger charge is 2.19. The highest BCUT2D eigenvalue weighted by Crippen LogP contribution is 2.12. The Morgan fingerprint density at radius 1 is 1.04 bits per heavy atom. The molecule has 3 rings (SSSR count). The van der Waals surface area contributed by atoms with Crippen molar-refractivity contribution < 1.29 is 9.18 Å². The number of nitrogen functional groups attached to an aromatic ring is 1. The largest absolute Gasteiger partial charge is 0.399 e. The summed E-state index contributed by atoms with van der Waals surface area (Å²) in [6, 6.07) is 13.8. The first-order valence-electron chi connectivity index (χ1n) is 8.43. The van der Waals surface area contributed by atoms with Gasteiger partial charge in [-0.05, 0) is 42.0 Å². The van der Waals surface area contributed by atoms with E-state index in [9.17, 15) is 9.18 Å². The first kappa shape index (κ1) is 17.4. The molecule has 0 aromatic heterocycles. The lowest BCUT2D eigenvalue weighted by atomic mass is 10.2. The summed E-state index contributed by atoms with van der Waals surface area (Å²) in [7, 11) is 0. The molecular formula is C19H23FN4O. The second-order valence-corrected chi connectivity index (χ2v) is 6.35. The fourth-order valence-electron chi connectivity index (χ4n) is 2.99. The van der Waals surface area contributed by atoms with E-state index in [1.807, 2.05) is 18.2 Å². The molecule has 1 fully saturated rings. The maximum atomic E-state index is 12.9. The van der Waals surface area contributed by atoms with Gasteiger partial charge in [-0.3, -0.25) is 14.6 Å². The third-order valence-corrected chi connectivity index (χ3v) is 4.32. The summed E-state index contributed by atoms with van der Waals surface area (Å²) in [6.07, 6.45) is 0. The van der Waals surface area contributed by atoms with E-state index in [0.717, 1.165) is 38.4 Å². The van der Waals surface area contributed by atoms with Gasteiger partial charge in [0, 0.05) is 44.1 Å². The van der Waals surface area contributed by atoms with Crippen molar-refractivity contribution in [1.29, 1.82) is 0 Å².